The third-order valence-electron chi connectivity index (χ3n) is 4.94. The lowest BCUT2D eigenvalue weighted by atomic mass is 9.94. The van der Waals surface area contributed by atoms with E-state index in [1.54, 1.807) is 11.3 Å². The van der Waals surface area contributed by atoms with E-state index in [1.165, 1.54) is 9.71 Å². The lowest BCUT2D eigenvalue weighted by molar-refractivity contribution is -0.124. The Morgan fingerprint density at radius 2 is 1.76 bits per heavy atom. The Morgan fingerprint density at radius 1 is 1.08 bits per heavy atom. The average molecular weight is 351 g/mol. The number of nitrogens with zero attached hydrogens (tertiary/aromatic N) is 2. The molecule has 0 bridgehead atoms. The molecular weight excluding hydrogens is 330 g/mol. The van der Waals surface area contributed by atoms with Crippen LogP contribution < -0.4 is 5.73 Å². The Kier molecular flexibility index (Phi) is 4.51. The molecule has 0 saturated carbocycles. The van der Waals surface area contributed by atoms with Crippen LogP contribution in [-0.4, -0.2) is 28.9 Å². The molecule has 0 radical (unpaired) electrons. The first-order valence-electron chi connectivity index (χ1n) is 8.66. The van der Waals surface area contributed by atoms with Crippen LogP contribution in [0.3, 0.4) is 0 Å². The highest BCUT2D eigenvalue weighted by molar-refractivity contribution is 7.18. The molecular formula is C20H21N3OS. The first-order chi connectivity index (χ1) is 12.2. The van der Waals surface area contributed by atoms with Gasteiger partial charge < -0.3 is 5.73 Å². The molecule has 1 atom stereocenters. The van der Waals surface area contributed by atoms with E-state index in [9.17, 15) is 4.79 Å². The number of benzene rings is 2. The summed E-state index contributed by atoms with van der Waals surface area (Å²) < 4.78 is 1.25. The molecule has 25 heavy (non-hydrogen) atoms. The highest BCUT2D eigenvalue weighted by atomic mass is 32.1. The van der Waals surface area contributed by atoms with Gasteiger partial charge in [-0.3, -0.25) is 9.69 Å². The summed E-state index contributed by atoms with van der Waals surface area (Å²) in [7, 11) is 0. The van der Waals surface area contributed by atoms with E-state index in [-0.39, 0.29) is 11.9 Å². The van der Waals surface area contributed by atoms with Crippen molar-refractivity contribution in [2.45, 2.75) is 24.8 Å². The first-order valence-corrected chi connectivity index (χ1v) is 9.48. The molecule has 0 aliphatic carbocycles. The van der Waals surface area contributed by atoms with E-state index in [1.807, 2.05) is 36.4 Å². The van der Waals surface area contributed by atoms with Gasteiger partial charge in [0.1, 0.15) is 6.04 Å². The fourth-order valence-corrected chi connectivity index (χ4v) is 4.80. The van der Waals surface area contributed by atoms with Crippen LogP contribution in [0.2, 0.25) is 0 Å². The summed E-state index contributed by atoms with van der Waals surface area (Å²) in [5.41, 5.74) is 7.77. The van der Waals surface area contributed by atoms with Crippen LogP contribution in [0.1, 0.15) is 35.4 Å². The van der Waals surface area contributed by atoms with Crippen LogP contribution in [0.15, 0.2) is 54.6 Å². The summed E-state index contributed by atoms with van der Waals surface area (Å²) in [5, 5.41) is 1.22. The topological polar surface area (TPSA) is 59.2 Å². The third-order valence-corrected chi connectivity index (χ3v) is 6.14. The second kappa shape index (κ2) is 6.94. The van der Waals surface area contributed by atoms with Gasteiger partial charge in [0.05, 0.1) is 15.2 Å². The van der Waals surface area contributed by atoms with Gasteiger partial charge in [0.2, 0.25) is 5.91 Å². The number of primary amides is 1. The monoisotopic (exact) mass is 351 g/mol. The van der Waals surface area contributed by atoms with Crippen LogP contribution >= 0.6 is 11.3 Å². The zero-order valence-electron chi connectivity index (χ0n) is 14.0. The Hall–Kier alpha value is -2.24. The van der Waals surface area contributed by atoms with Gasteiger partial charge in [-0.1, -0.05) is 42.5 Å². The van der Waals surface area contributed by atoms with Crippen molar-refractivity contribution in [3.8, 4) is 0 Å². The van der Waals surface area contributed by atoms with Crippen molar-refractivity contribution >= 4 is 27.5 Å². The molecule has 2 aromatic carbocycles. The summed E-state index contributed by atoms with van der Waals surface area (Å²) in [5.74, 6) is 0.197. The summed E-state index contributed by atoms with van der Waals surface area (Å²) >= 11 is 1.79. The van der Waals surface area contributed by atoms with Crippen molar-refractivity contribution in [3.63, 3.8) is 0 Å². The molecule has 2 heterocycles. The molecule has 1 unspecified atom stereocenters. The summed E-state index contributed by atoms with van der Waals surface area (Å²) in [6.45, 7) is 1.73. The number of carbonyl (C=O) groups is 1. The maximum Gasteiger partial charge on any atom is 0.239 e. The minimum Gasteiger partial charge on any atom is -0.368 e. The standard InChI is InChI=1S/C20H21N3OS/c21-19(24)18(14-6-2-1-3-7-14)23-12-10-15(11-13-23)20-22-16-8-4-5-9-17(16)25-20/h1-9,15,18H,10-13H2,(H2,21,24). The van der Waals surface area contributed by atoms with Crippen molar-refractivity contribution in [2.24, 2.45) is 5.73 Å². The second-order valence-corrected chi connectivity index (χ2v) is 7.61. The number of hydrogen-bond acceptors (Lipinski definition) is 4. The summed E-state index contributed by atoms with van der Waals surface area (Å²) in [6.07, 6.45) is 2.02. The molecule has 2 N–H and O–H groups in total. The molecule has 1 fully saturated rings. The molecule has 1 saturated heterocycles. The lowest BCUT2D eigenvalue weighted by Crippen LogP contribution is -2.42. The second-order valence-electron chi connectivity index (χ2n) is 6.55. The molecule has 1 amide bonds. The number of thiazole rings is 1. The van der Waals surface area contributed by atoms with Crippen molar-refractivity contribution < 1.29 is 4.79 Å². The van der Waals surface area contributed by atoms with E-state index < -0.39 is 0 Å². The number of fused-ring (bicyclic) bond motifs is 1. The maximum absolute atomic E-state index is 12.0. The number of amides is 1. The zero-order valence-corrected chi connectivity index (χ0v) is 14.8. The van der Waals surface area contributed by atoms with Crippen LogP contribution in [0, 0.1) is 0 Å². The van der Waals surface area contributed by atoms with Crippen molar-refractivity contribution in [2.75, 3.05) is 13.1 Å². The number of rotatable bonds is 4. The Morgan fingerprint density at radius 3 is 2.44 bits per heavy atom. The molecule has 1 aromatic heterocycles. The molecule has 1 aliphatic rings. The van der Waals surface area contributed by atoms with Crippen LogP contribution in [0.5, 0.6) is 0 Å². The molecule has 1 aliphatic heterocycles. The lowest BCUT2D eigenvalue weighted by Gasteiger charge is -2.35. The van der Waals surface area contributed by atoms with Gasteiger partial charge in [0, 0.05) is 5.92 Å². The van der Waals surface area contributed by atoms with E-state index >= 15 is 0 Å². The quantitative estimate of drug-likeness (QED) is 0.780. The zero-order chi connectivity index (χ0) is 17.2. The third kappa shape index (κ3) is 3.30. The number of piperidine rings is 1. The van der Waals surface area contributed by atoms with Gasteiger partial charge in [-0.15, -0.1) is 11.3 Å². The van der Waals surface area contributed by atoms with E-state index in [0.717, 1.165) is 37.0 Å². The fourth-order valence-electron chi connectivity index (χ4n) is 3.66. The molecule has 4 nitrogen and oxygen atoms in total. The molecule has 0 spiro atoms. The van der Waals surface area contributed by atoms with Crippen LogP contribution in [0.4, 0.5) is 0 Å². The fraction of sp³-hybridized carbons (Fsp3) is 0.300. The number of para-hydroxylation sites is 1. The highest BCUT2D eigenvalue weighted by Crippen LogP contribution is 2.35. The molecule has 4 rings (SSSR count). The number of nitrogens with two attached hydrogens (primary N) is 1. The predicted molar refractivity (Wildman–Crippen MR) is 102 cm³/mol. The minimum absolute atomic E-state index is 0.273. The van der Waals surface area contributed by atoms with Crippen molar-refractivity contribution in [1.82, 2.24) is 9.88 Å². The van der Waals surface area contributed by atoms with E-state index in [4.69, 9.17) is 10.7 Å². The minimum atomic E-state index is -0.336. The van der Waals surface area contributed by atoms with Gasteiger partial charge in [0.15, 0.2) is 0 Å². The van der Waals surface area contributed by atoms with Gasteiger partial charge >= 0.3 is 0 Å². The van der Waals surface area contributed by atoms with Gasteiger partial charge in [0.25, 0.3) is 0 Å². The van der Waals surface area contributed by atoms with Crippen LogP contribution in [-0.2, 0) is 4.79 Å². The number of aromatic nitrogens is 1. The smallest absolute Gasteiger partial charge is 0.239 e. The largest absolute Gasteiger partial charge is 0.368 e. The first kappa shape index (κ1) is 16.2. The Labute approximate surface area is 151 Å². The van der Waals surface area contributed by atoms with E-state index in [0.29, 0.717) is 5.92 Å². The predicted octanol–water partition coefficient (Wildman–Crippen LogP) is 3.70. The number of likely N-dealkylation sites (tertiary alicyclic amines) is 1. The van der Waals surface area contributed by atoms with Gasteiger partial charge in [-0.05, 0) is 43.6 Å². The number of carbonyl (C=O) groups excluding carboxylic acids is 1. The van der Waals surface area contributed by atoms with Gasteiger partial charge in [-0.25, -0.2) is 4.98 Å². The highest BCUT2D eigenvalue weighted by Gasteiger charge is 2.31. The van der Waals surface area contributed by atoms with E-state index in [2.05, 4.69) is 23.1 Å². The average Bonchev–Trinajstić information content (AvgIpc) is 3.07. The van der Waals surface area contributed by atoms with Crippen LogP contribution in [0.25, 0.3) is 10.2 Å². The maximum atomic E-state index is 12.0. The normalized spacial score (nSPS) is 17.6. The Bertz CT molecular complexity index is 836. The molecule has 128 valence electrons. The Balaban J connectivity index is 1.49. The molecule has 3 aromatic rings. The molecule has 5 heteroatoms. The SMILES string of the molecule is NC(=O)C(c1ccccc1)N1CCC(c2nc3ccccc3s2)CC1. The van der Waals surface area contributed by atoms with Gasteiger partial charge in [-0.2, -0.15) is 0 Å². The number of hydrogen-bond donors (Lipinski definition) is 1. The summed E-state index contributed by atoms with van der Waals surface area (Å²) in [6, 6.07) is 17.8. The van der Waals surface area contributed by atoms with Crippen molar-refractivity contribution in [1.29, 1.82) is 0 Å². The summed E-state index contributed by atoms with van der Waals surface area (Å²) in [4.78, 5) is 19.1. The van der Waals surface area contributed by atoms with Crippen molar-refractivity contribution in [3.05, 3.63) is 65.2 Å².